The van der Waals surface area contributed by atoms with E-state index >= 15 is 0 Å². The Morgan fingerprint density at radius 2 is 2.00 bits per heavy atom. The fourth-order valence-corrected chi connectivity index (χ4v) is 3.11. The fourth-order valence-electron chi connectivity index (χ4n) is 2.42. The summed E-state index contributed by atoms with van der Waals surface area (Å²) >= 11 is 0. The molecule has 0 spiro atoms. The van der Waals surface area contributed by atoms with Gasteiger partial charge in [-0.15, -0.1) is 10.2 Å². The highest BCUT2D eigenvalue weighted by atomic mass is 32.2. The van der Waals surface area contributed by atoms with E-state index in [0.29, 0.717) is 5.82 Å². The lowest BCUT2D eigenvalue weighted by Gasteiger charge is -2.07. The van der Waals surface area contributed by atoms with Crippen LogP contribution in [-0.4, -0.2) is 29.4 Å². The van der Waals surface area contributed by atoms with E-state index in [2.05, 4.69) is 10.2 Å². The lowest BCUT2D eigenvalue weighted by molar-refractivity contribution is 0.590. The Morgan fingerprint density at radius 1 is 1.24 bits per heavy atom. The Kier molecular flexibility index (Phi) is 3.25. The summed E-state index contributed by atoms with van der Waals surface area (Å²) in [7, 11) is -3.43. The largest absolute Gasteiger partial charge is 0.273 e. The van der Waals surface area contributed by atoms with Crippen LogP contribution in [-0.2, 0) is 9.84 Å². The minimum Gasteiger partial charge on any atom is -0.273 e. The van der Waals surface area contributed by atoms with Gasteiger partial charge < -0.3 is 0 Å². The summed E-state index contributed by atoms with van der Waals surface area (Å²) in [5.74, 6) is 0.554. The summed E-state index contributed by atoms with van der Waals surface area (Å²) in [4.78, 5) is 0. The van der Waals surface area contributed by atoms with E-state index < -0.39 is 9.84 Å². The summed E-state index contributed by atoms with van der Waals surface area (Å²) in [5.41, 5.74) is 2.96. The molecule has 1 aliphatic rings. The maximum atomic E-state index is 11.8. The third-order valence-electron chi connectivity index (χ3n) is 3.30. The molecular formula is C15H15N3O2S. The van der Waals surface area contributed by atoms with Crippen LogP contribution in [0.1, 0.15) is 30.3 Å². The zero-order valence-electron chi connectivity index (χ0n) is 11.8. The smallest absolute Gasteiger partial charge is 0.253 e. The van der Waals surface area contributed by atoms with Crippen molar-refractivity contribution in [2.45, 2.75) is 18.5 Å². The molecule has 3 rings (SSSR count). The average Bonchev–Trinajstić information content (AvgIpc) is 2.81. The first-order valence-corrected chi connectivity index (χ1v) is 8.54. The van der Waals surface area contributed by atoms with Crippen molar-refractivity contribution in [1.29, 1.82) is 0 Å². The molecule has 0 saturated carbocycles. The van der Waals surface area contributed by atoms with Gasteiger partial charge in [-0.3, -0.25) is 4.57 Å². The molecule has 0 N–H and O–H groups in total. The van der Waals surface area contributed by atoms with Crippen molar-refractivity contribution in [3.63, 3.8) is 0 Å². The average molecular weight is 301 g/mol. The second-order valence-electron chi connectivity index (χ2n) is 4.88. The van der Waals surface area contributed by atoms with Crippen LogP contribution >= 0.6 is 0 Å². The molecule has 1 aliphatic heterocycles. The van der Waals surface area contributed by atoms with Gasteiger partial charge in [0.25, 0.3) is 5.16 Å². The van der Waals surface area contributed by atoms with Crippen LogP contribution in [0, 0.1) is 0 Å². The van der Waals surface area contributed by atoms with Crippen molar-refractivity contribution in [3.8, 4) is 0 Å². The highest BCUT2D eigenvalue weighted by Crippen LogP contribution is 2.31. The van der Waals surface area contributed by atoms with E-state index in [9.17, 15) is 8.42 Å². The molecule has 21 heavy (non-hydrogen) atoms. The Morgan fingerprint density at radius 3 is 2.71 bits per heavy atom. The van der Waals surface area contributed by atoms with Gasteiger partial charge in [0.1, 0.15) is 0 Å². The van der Waals surface area contributed by atoms with E-state index in [4.69, 9.17) is 0 Å². The third-order valence-corrected chi connectivity index (χ3v) is 4.24. The molecule has 5 nitrogen and oxygen atoms in total. The Bertz CT molecular complexity index is 861. The number of allylic oxidation sites excluding steroid dienone is 1. The number of nitrogens with zero attached hydrogens (tertiary/aromatic N) is 3. The number of hydrogen-bond acceptors (Lipinski definition) is 4. The van der Waals surface area contributed by atoms with E-state index in [-0.39, 0.29) is 5.16 Å². The SMILES string of the molecule is CCC=C1c2ccccc2C=Cn2c1nnc2S(C)(=O)=O. The fraction of sp³-hybridized carbons (Fsp3) is 0.200. The highest BCUT2D eigenvalue weighted by molar-refractivity contribution is 7.90. The maximum Gasteiger partial charge on any atom is 0.253 e. The van der Waals surface area contributed by atoms with Crippen molar-refractivity contribution in [2.75, 3.05) is 6.26 Å². The van der Waals surface area contributed by atoms with Crippen LogP contribution < -0.4 is 0 Å². The van der Waals surface area contributed by atoms with Gasteiger partial charge in [-0.05, 0) is 23.6 Å². The van der Waals surface area contributed by atoms with Crippen molar-refractivity contribution in [2.24, 2.45) is 0 Å². The first-order chi connectivity index (χ1) is 10.0. The number of aromatic nitrogens is 3. The normalized spacial score (nSPS) is 15.6. The summed E-state index contributed by atoms with van der Waals surface area (Å²) in [5, 5.41) is 7.91. The first kappa shape index (κ1) is 13.8. The third kappa shape index (κ3) is 2.31. The van der Waals surface area contributed by atoms with Crippen molar-refractivity contribution < 1.29 is 8.42 Å². The van der Waals surface area contributed by atoms with Gasteiger partial charge in [0.05, 0.1) is 0 Å². The Labute approximate surface area is 123 Å². The molecule has 2 aromatic rings. The molecular weight excluding hydrogens is 286 g/mol. The number of rotatable bonds is 2. The Balaban J connectivity index is 2.33. The van der Waals surface area contributed by atoms with Gasteiger partial charge in [0.2, 0.25) is 9.84 Å². The molecule has 6 heteroatoms. The zero-order chi connectivity index (χ0) is 15.0. The summed E-state index contributed by atoms with van der Waals surface area (Å²) < 4.78 is 25.2. The molecule has 1 aromatic carbocycles. The monoisotopic (exact) mass is 301 g/mol. The molecule has 0 saturated heterocycles. The van der Waals surface area contributed by atoms with E-state index in [1.165, 1.54) is 4.57 Å². The van der Waals surface area contributed by atoms with Gasteiger partial charge in [-0.1, -0.05) is 37.3 Å². The van der Waals surface area contributed by atoms with Gasteiger partial charge >= 0.3 is 0 Å². The number of fused-ring (bicyclic) bond motifs is 2. The molecule has 2 heterocycles. The van der Waals surface area contributed by atoms with E-state index in [0.717, 1.165) is 29.4 Å². The quantitative estimate of drug-likeness (QED) is 0.729. The molecule has 0 fully saturated rings. The highest BCUT2D eigenvalue weighted by Gasteiger charge is 2.24. The number of sulfone groups is 1. The van der Waals surface area contributed by atoms with E-state index in [1.807, 2.05) is 43.3 Å². The van der Waals surface area contributed by atoms with Crippen molar-refractivity contribution >= 4 is 27.7 Å². The molecule has 0 bridgehead atoms. The van der Waals surface area contributed by atoms with E-state index in [1.54, 1.807) is 6.20 Å². The predicted molar refractivity (Wildman–Crippen MR) is 82.2 cm³/mol. The van der Waals surface area contributed by atoms with Gasteiger partial charge in [0, 0.05) is 18.0 Å². The molecule has 0 amide bonds. The lowest BCUT2D eigenvalue weighted by Crippen LogP contribution is -2.06. The molecule has 0 atom stereocenters. The second-order valence-corrected chi connectivity index (χ2v) is 6.79. The summed E-state index contributed by atoms with van der Waals surface area (Å²) in [6.45, 7) is 2.03. The topological polar surface area (TPSA) is 64.8 Å². The molecule has 108 valence electrons. The molecule has 0 aliphatic carbocycles. The van der Waals surface area contributed by atoms with Crippen LogP contribution in [0.15, 0.2) is 35.5 Å². The maximum absolute atomic E-state index is 11.8. The van der Waals surface area contributed by atoms with Crippen LogP contribution in [0.5, 0.6) is 0 Å². The molecule has 1 aromatic heterocycles. The minimum absolute atomic E-state index is 0.0384. The predicted octanol–water partition coefficient (Wildman–Crippen LogP) is 2.46. The number of hydrogen-bond donors (Lipinski definition) is 0. The standard InChI is InChI=1S/C15H15N3O2S/c1-3-6-13-12-8-5-4-7-11(12)9-10-18-14(13)16-17-15(18)21(2,19)20/h4-10H,3H2,1-2H3. The van der Waals surface area contributed by atoms with Gasteiger partial charge in [0.15, 0.2) is 5.82 Å². The summed E-state index contributed by atoms with van der Waals surface area (Å²) in [6, 6.07) is 7.91. The van der Waals surface area contributed by atoms with Crippen LogP contribution in [0.4, 0.5) is 0 Å². The number of benzene rings is 1. The van der Waals surface area contributed by atoms with Gasteiger partial charge in [-0.25, -0.2) is 8.42 Å². The van der Waals surface area contributed by atoms with Gasteiger partial charge in [-0.2, -0.15) is 0 Å². The zero-order valence-corrected chi connectivity index (χ0v) is 12.6. The van der Waals surface area contributed by atoms with Crippen LogP contribution in [0.3, 0.4) is 0 Å². The molecule has 0 unspecified atom stereocenters. The second kappa shape index (κ2) is 4.96. The summed E-state index contributed by atoms with van der Waals surface area (Å²) in [6.07, 6.45) is 7.59. The Hall–Kier alpha value is -2.21. The minimum atomic E-state index is -3.43. The van der Waals surface area contributed by atoms with Crippen molar-refractivity contribution in [3.05, 3.63) is 47.3 Å². The first-order valence-electron chi connectivity index (χ1n) is 6.65. The lowest BCUT2D eigenvalue weighted by atomic mass is 9.99. The van der Waals surface area contributed by atoms with Crippen LogP contribution in [0.2, 0.25) is 0 Å². The van der Waals surface area contributed by atoms with Crippen molar-refractivity contribution in [1.82, 2.24) is 14.8 Å². The van der Waals surface area contributed by atoms with Crippen LogP contribution in [0.25, 0.3) is 17.8 Å². The molecule has 0 radical (unpaired) electrons.